The minimum Gasteiger partial charge on any atom is -0.348 e. The molecule has 0 aromatic heterocycles. The molecule has 0 aliphatic carbocycles. The van der Waals surface area contributed by atoms with E-state index in [1.807, 2.05) is 18.2 Å². The van der Waals surface area contributed by atoms with Crippen molar-refractivity contribution in [1.29, 1.82) is 0 Å². The topological polar surface area (TPSA) is 49.4 Å². The number of aryl methyl sites for hydroxylation is 2. The summed E-state index contributed by atoms with van der Waals surface area (Å²) in [6.07, 6.45) is 0.365. The van der Waals surface area contributed by atoms with Gasteiger partial charge in [0.25, 0.3) is 5.91 Å². The van der Waals surface area contributed by atoms with Crippen molar-refractivity contribution >= 4 is 17.5 Å². The van der Waals surface area contributed by atoms with Gasteiger partial charge in [-0.2, -0.15) is 0 Å². The zero-order valence-electron chi connectivity index (χ0n) is 13.6. The summed E-state index contributed by atoms with van der Waals surface area (Å²) in [5.41, 5.74) is 5.94. The van der Waals surface area contributed by atoms with Gasteiger partial charge in [-0.3, -0.25) is 9.59 Å². The molecule has 1 heterocycles. The predicted molar refractivity (Wildman–Crippen MR) is 90.6 cm³/mol. The number of fused-ring (bicyclic) bond motifs is 1. The molecule has 4 nitrogen and oxygen atoms in total. The fraction of sp³-hybridized carbons (Fsp3) is 0.263. The fourth-order valence-corrected chi connectivity index (χ4v) is 2.81. The molecule has 1 aliphatic rings. The Hall–Kier alpha value is -2.62. The van der Waals surface area contributed by atoms with Crippen LogP contribution in [0.5, 0.6) is 0 Å². The van der Waals surface area contributed by atoms with E-state index in [9.17, 15) is 9.59 Å². The van der Waals surface area contributed by atoms with E-state index in [2.05, 4.69) is 31.3 Å². The van der Waals surface area contributed by atoms with Crippen LogP contribution in [-0.4, -0.2) is 18.9 Å². The molecular formula is C19H20N2O2. The first-order valence-electron chi connectivity index (χ1n) is 7.69. The molecule has 2 aromatic carbocycles. The van der Waals surface area contributed by atoms with Crippen LogP contribution in [0, 0.1) is 13.8 Å². The van der Waals surface area contributed by atoms with Crippen LogP contribution < -0.4 is 10.2 Å². The lowest BCUT2D eigenvalue weighted by Crippen LogP contribution is -2.23. The summed E-state index contributed by atoms with van der Waals surface area (Å²) in [6, 6.07) is 11.6. The minimum absolute atomic E-state index is 0.0627. The highest BCUT2D eigenvalue weighted by Gasteiger charge is 2.24. The third-order valence-electron chi connectivity index (χ3n) is 4.44. The van der Waals surface area contributed by atoms with E-state index in [0.717, 1.165) is 16.8 Å². The monoisotopic (exact) mass is 308 g/mol. The largest absolute Gasteiger partial charge is 0.348 e. The highest BCUT2D eigenvalue weighted by molar-refractivity contribution is 6.03. The van der Waals surface area contributed by atoms with E-state index in [-0.39, 0.29) is 11.8 Å². The summed E-state index contributed by atoms with van der Waals surface area (Å²) in [6.45, 7) is 4.63. The molecule has 0 spiro atoms. The number of carbonyl (C=O) groups excluding carboxylic acids is 2. The number of likely N-dealkylation sites (N-methyl/N-ethyl adjacent to an activating group) is 1. The normalized spacial score (nSPS) is 13.2. The van der Waals surface area contributed by atoms with Gasteiger partial charge in [-0.05, 0) is 54.3 Å². The molecule has 2 aromatic rings. The van der Waals surface area contributed by atoms with Crippen LogP contribution >= 0.6 is 0 Å². The van der Waals surface area contributed by atoms with Gasteiger partial charge in [0.05, 0.1) is 6.42 Å². The molecule has 23 heavy (non-hydrogen) atoms. The Morgan fingerprint density at radius 2 is 1.91 bits per heavy atom. The summed E-state index contributed by atoms with van der Waals surface area (Å²) in [4.78, 5) is 25.7. The first-order chi connectivity index (χ1) is 11.0. The molecule has 0 saturated carbocycles. The van der Waals surface area contributed by atoms with Gasteiger partial charge in [0, 0.05) is 24.8 Å². The Morgan fingerprint density at radius 1 is 1.13 bits per heavy atom. The Labute approximate surface area is 136 Å². The molecule has 2 amide bonds. The van der Waals surface area contributed by atoms with Crippen LogP contribution in [0.4, 0.5) is 5.69 Å². The zero-order chi connectivity index (χ0) is 16.6. The number of hydrogen-bond donors (Lipinski definition) is 1. The minimum atomic E-state index is -0.118. The molecule has 1 aliphatic heterocycles. The van der Waals surface area contributed by atoms with Gasteiger partial charge in [0.2, 0.25) is 5.91 Å². The van der Waals surface area contributed by atoms with Crippen LogP contribution in [-0.2, 0) is 17.8 Å². The van der Waals surface area contributed by atoms with Crippen LogP contribution in [0.25, 0.3) is 0 Å². The van der Waals surface area contributed by atoms with Gasteiger partial charge in [-0.25, -0.2) is 0 Å². The lowest BCUT2D eigenvalue weighted by Gasteiger charge is -2.11. The summed E-state index contributed by atoms with van der Waals surface area (Å²) < 4.78 is 0. The standard InChI is InChI=1S/C19H20N2O2/c1-12-4-5-14(8-13(12)2)11-20-19(23)15-6-7-17-16(9-15)10-18(22)21(17)3/h4-9H,10-11H2,1-3H3,(H,20,23). The Kier molecular flexibility index (Phi) is 3.90. The van der Waals surface area contributed by atoms with Crippen molar-refractivity contribution in [2.24, 2.45) is 0 Å². The van der Waals surface area contributed by atoms with Crippen molar-refractivity contribution in [2.75, 3.05) is 11.9 Å². The number of anilines is 1. The Bertz CT molecular complexity index is 796. The molecule has 4 heteroatoms. The number of nitrogens with one attached hydrogen (secondary N) is 1. The number of benzene rings is 2. The molecule has 1 N–H and O–H groups in total. The van der Waals surface area contributed by atoms with Gasteiger partial charge in [0.1, 0.15) is 0 Å². The van der Waals surface area contributed by atoms with Crippen molar-refractivity contribution in [3.63, 3.8) is 0 Å². The lowest BCUT2D eigenvalue weighted by atomic mass is 10.1. The van der Waals surface area contributed by atoms with Crippen molar-refractivity contribution in [3.05, 3.63) is 64.2 Å². The number of rotatable bonds is 3. The first kappa shape index (κ1) is 15.3. The number of carbonyl (C=O) groups is 2. The van der Waals surface area contributed by atoms with Gasteiger partial charge in [-0.1, -0.05) is 18.2 Å². The third kappa shape index (κ3) is 2.97. The van der Waals surface area contributed by atoms with E-state index >= 15 is 0 Å². The smallest absolute Gasteiger partial charge is 0.251 e. The lowest BCUT2D eigenvalue weighted by molar-refractivity contribution is -0.117. The summed E-state index contributed by atoms with van der Waals surface area (Å²) in [5.74, 6) is -0.0549. The average molecular weight is 308 g/mol. The fourth-order valence-electron chi connectivity index (χ4n) is 2.81. The maximum atomic E-state index is 12.3. The van der Waals surface area contributed by atoms with Crippen LogP contribution in [0.3, 0.4) is 0 Å². The van der Waals surface area contributed by atoms with E-state index in [1.165, 1.54) is 11.1 Å². The van der Waals surface area contributed by atoms with Gasteiger partial charge in [-0.15, -0.1) is 0 Å². The highest BCUT2D eigenvalue weighted by atomic mass is 16.2. The van der Waals surface area contributed by atoms with Gasteiger partial charge >= 0.3 is 0 Å². The van der Waals surface area contributed by atoms with E-state index in [0.29, 0.717) is 18.5 Å². The SMILES string of the molecule is Cc1ccc(CNC(=O)c2ccc3c(c2)CC(=O)N3C)cc1C. The third-order valence-corrected chi connectivity index (χ3v) is 4.44. The molecule has 3 rings (SSSR count). The van der Waals surface area contributed by atoms with Crippen molar-refractivity contribution < 1.29 is 9.59 Å². The highest BCUT2D eigenvalue weighted by Crippen LogP contribution is 2.28. The second-order valence-corrected chi connectivity index (χ2v) is 6.07. The molecule has 0 bridgehead atoms. The second kappa shape index (κ2) is 5.88. The van der Waals surface area contributed by atoms with E-state index < -0.39 is 0 Å². The number of nitrogens with zero attached hydrogens (tertiary/aromatic N) is 1. The molecule has 0 atom stereocenters. The van der Waals surface area contributed by atoms with E-state index in [4.69, 9.17) is 0 Å². The van der Waals surface area contributed by atoms with Crippen LogP contribution in [0.1, 0.15) is 32.6 Å². The zero-order valence-corrected chi connectivity index (χ0v) is 13.6. The Morgan fingerprint density at radius 3 is 2.65 bits per heavy atom. The summed E-state index contributed by atoms with van der Waals surface area (Å²) in [7, 11) is 1.76. The van der Waals surface area contributed by atoms with E-state index in [1.54, 1.807) is 18.0 Å². The molecule has 0 unspecified atom stereocenters. The van der Waals surface area contributed by atoms with Crippen LogP contribution in [0.15, 0.2) is 36.4 Å². The van der Waals surface area contributed by atoms with Gasteiger partial charge < -0.3 is 10.2 Å². The van der Waals surface area contributed by atoms with Crippen molar-refractivity contribution in [2.45, 2.75) is 26.8 Å². The molecular weight excluding hydrogens is 288 g/mol. The quantitative estimate of drug-likeness (QED) is 0.948. The summed E-state index contributed by atoms with van der Waals surface area (Å²) >= 11 is 0. The predicted octanol–water partition coefficient (Wildman–Crippen LogP) is 2.75. The second-order valence-electron chi connectivity index (χ2n) is 6.07. The molecule has 118 valence electrons. The molecule has 0 fully saturated rings. The van der Waals surface area contributed by atoms with Crippen molar-refractivity contribution in [3.8, 4) is 0 Å². The number of amides is 2. The maximum absolute atomic E-state index is 12.3. The maximum Gasteiger partial charge on any atom is 0.251 e. The number of hydrogen-bond acceptors (Lipinski definition) is 2. The first-order valence-corrected chi connectivity index (χ1v) is 7.69. The average Bonchev–Trinajstić information content (AvgIpc) is 2.82. The molecule has 0 saturated heterocycles. The summed E-state index contributed by atoms with van der Waals surface area (Å²) in [5, 5.41) is 2.94. The van der Waals surface area contributed by atoms with Crippen LogP contribution in [0.2, 0.25) is 0 Å². The van der Waals surface area contributed by atoms with Gasteiger partial charge in [0.15, 0.2) is 0 Å². The molecule has 0 radical (unpaired) electrons. The van der Waals surface area contributed by atoms with Crippen molar-refractivity contribution in [1.82, 2.24) is 5.32 Å². The Balaban J connectivity index is 1.71.